The maximum Gasteiger partial charge on any atom is 0.417 e. The molecule has 1 aromatic heterocycles. The van der Waals surface area contributed by atoms with Crippen LogP contribution in [0.25, 0.3) is 0 Å². The summed E-state index contributed by atoms with van der Waals surface area (Å²) in [6, 6.07) is 2.36. The summed E-state index contributed by atoms with van der Waals surface area (Å²) in [7, 11) is 1.72. The second kappa shape index (κ2) is 10.6. The molecule has 7 nitrogen and oxygen atoms in total. The van der Waals surface area contributed by atoms with Gasteiger partial charge in [-0.1, -0.05) is 0 Å². The third-order valence-corrected chi connectivity index (χ3v) is 4.82. The average molecular weight is 416 g/mol. The minimum atomic E-state index is -4.37. The van der Waals surface area contributed by atoms with Crippen molar-refractivity contribution in [1.82, 2.24) is 20.5 Å². The van der Waals surface area contributed by atoms with E-state index >= 15 is 0 Å². The highest BCUT2D eigenvalue weighted by Crippen LogP contribution is 2.28. The molecule has 0 aliphatic carbocycles. The molecule has 2 rings (SSSR count). The van der Waals surface area contributed by atoms with Gasteiger partial charge in [-0.2, -0.15) is 13.2 Å². The standard InChI is InChI=1S/C19H31F3N6O/c1-18(2,28-9-11-29-12-10-28)14-27-17(23-3)25-8-4-7-24-16-6-5-15(13-26-16)19(20,21)22/h5-6,13H,4,7-12,14H2,1-3H3,(H,24,26)(H2,23,25,27). The summed E-state index contributed by atoms with van der Waals surface area (Å²) in [6.07, 6.45) is -2.77. The van der Waals surface area contributed by atoms with Crippen LogP contribution in [0.1, 0.15) is 25.8 Å². The molecule has 0 saturated carbocycles. The van der Waals surface area contributed by atoms with Gasteiger partial charge in [0, 0.05) is 51.5 Å². The Balaban J connectivity index is 1.65. The number of rotatable bonds is 8. The third-order valence-electron chi connectivity index (χ3n) is 4.82. The van der Waals surface area contributed by atoms with Crippen LogP contribution < -0.4 is 16.0 Å². The van der Waals surface area contributed by atoms with Gasteiger partial charge in [0.25, 0.3) is 0 Å². The zero-order valence-corrected chi connectivity index (χ0v) is 17.3. The normalized spacial score (nSPS) is 16.6. The monoisotopic (exact) mass is 416 g/mol. The number of pyridine rings is 1. The van der Waals surface area contributed by atoms with Gasteiger partial charge in [-0.05, 0) is 32.4 Å². The van der Waals surface area contributed by atoms with Gasteiger partial charge in [-0.15, -0.1) is 0 Å². The van der Waals surface area contributed by atoms with E-state index in [1.807, 2.05) is 0 Å². The van der Waals surface area contributed by atoms with E-state index in [0.717, 1.165) is 57.5 Å². The van der Waals surface area contributed by atoms with Crippen LogP contribution in [0.3, 0.4) is 0 Å². The van der Waals surface area contributed by atoms with E-state index in [1.54, 1.807) is 7.05 Å². The molecule has 29 heavy (non-hydrogen) atoms. The molecule has 1 fully saturated rings. The van der Waals surface area contributed by atoms with Crippen LogP contribution in [-0.2, 0) is 10.9 Å². The fourth-order valence-electron chi connectivity index (χ4n) is 2.98. The fraction of sp³-hybridized carbons (Fsp3) is 0.684. The molecular formula is C19H31F3N6O. The van der Waals surface area contributed by atoms with Crippen molar-refractivity contribution >= 4 is 11.8 Å². The number of hydrogen-bond acceptors (Lipinski definition) is 5. The van der Waals surface area contributed by atoms with Gasteiger partial charge in [0.2, 0.25) is 0 Å². The Hall–Kier alpha value is -2.07. The van der Waals surface area contributed by atoms with Crippen LogP contribution in [0.2, 0.25) is 0 Å². The first-order valence-electron chi connectivity index (χ1n) is 9.77. The summed E-state index contributed by atoms with van der Waals surface area (Å²) in [4.78, 5) is 10.4. The quantitative estimate of drug-likeness (QED) is 0.343. The molecule has 10 heteroatoms. The van der Waals surface area contributed by atoms with E-state index in [1.165, 1.54) is 6.07 Å². The first-order chi connectivity index (χ1) is 13.7. The van der Waals surface area contributed by atoms with Crippen molar-refractivity contribution in [2.75, 3.05) is 58.3 Å². The number of alkyl halides is 3. The number of nitrogens with one attached hydrogen (secondary N) is 3. The van der Waals surface area contributed by atoms with E-state index in [0.29, 0.717) is 18.9 Å². The minimum Gasteiger partial charge on any atom is -0.379 e. The lowest BCUT2D eigenvalue weighted by Gasteiger charge is -2.41. The zero-order valence-electron chi connectivity index (χ0n) is 17.3. The van der Waals surface area contributed by atoms with Crippen LogP contribution in [0.15, 0.2) is 23.3 Å². The molecule has 164 valence electrons. The summed E-state index contributed by atoms with van der Waals surface area (Å²) in [5, 5.41) is 9.62. The molecule has 2 heterocycles. The summed E-state index contributed by atoms with van der Waals surface area (Å²) in [5.41, 5.74) is -0.767. The molecule has 0 bridgehead atoms. The number of nitrogens with zero attached hydrogens (tertiary/aromatic N) is 3. The Morgan fingerprint density at radius 3 is 2.48 bits per heavy atom. The number of ether oxygens (including phenoxy) is 1. The smallest absolute Gasteiger partial charge is 0.379 e. The molecule has 1 aliphatic rings. The number of aromatic nitrogens is 1. The van der Waals surface area contributed by atoms with Gasteiger partial charge in [-0.3, -0.25) is 9.89 Å². The van der Waals surface area contributed by atoms with Gasteiger partial charge in [0.05, 0.1) is 18.8 Å². The van der Waals surface area contributed by atoms with Crippen molar-refractivity contribution in [1.29, 1.82) is 0 Å². The molecule has 0 spiro atoms. The third kappa shape index (κ3) is 7.69. The first-order valence-corrected chi connectivity index (χ1v) is 9.77. The number of hydrogen-bond donors (Lipinski definition) is 3. The molecule has 1 aromatic rings. The van der Waals surface area contributed by atoms with Crippen molar-refractivity contribution in [2.45, 2.75) is 32.0 Å². The highest BCUT2D eigenvalue weighted by molar-refractivity contribution is 5.79. The average Bonchev–Trinajstić information content (AvgIpc) is 2.70. The van der Waals surface area contributed by atoms with Crippen molar-refractivity contribution in [2.24, 2.45) is 4.99 Å². The van der Waals surface area contributed by atoms with E-state index in [9.17, 15) is 13.2 Å². The highest BCUT2D eigenvalue weighted by Gasteiger charge is 2.30. The molecule has 0 radical (unpaired) electrons. The van der Waals surface area contributed by atoms with Crippen LogP contribution in [0.4, 0.5) is 19.0 Å². The minimum absolute atomic E-state index is 0.0167. The summed E-state index contributed by atoms with van der Waals surface area (Å²) >= 11 is 0. The molecule has 3 N–H and O–H groups in total. The number of morpholine rings is 1. The Morgan fingerprint density at radius 2 is 1.90 bits per heavy atom. The van der Waals surface area contributed by atoms with Crippen molar-refractivity contribution in [3.05, 3.63) is 23.9 Å². The van der Waals surface area contributed by atoms with E-state index < -0.39 is 11.7 Å². The summed E-state index contributed by atoms with van der Waals surface area (Å²) in [5.74, 6) is 1.15. The van der Waals surface area contributed by atoms with Crippen molar-refractivity contribution < 1.29 is 17.9 Å². The Kier molecular flexibility index (Phi) is 8.51. The predicted octanol–water partition coefficient (Wildman–Crippen LogP) is 2.18. The SMILES string of the molecule is CN=C(NCCCNc1ccc(C(F)(F)F)cn1)NCC(C)(C)N1CCOCC1. The molecular weight excluding hydrogens is 385 g/mol. The van der Waals surface area contributed by atoms with E-state index in [-0.39, 0.29) is 5.54 Å². The van der Waals surface area contributed by atoms with Gasteiger partial charge in [-0.25, -0.2) is 4.98 Å². The van der Waals surface area contributed by atoms with E-state index in [2.05, 4.69) is 44.7 Å². The number of anilines is 1. The van der Waals surface area contributed by atoms with Gasteiger partial charge >= 0.3 is 6.18 Å². The summed E-state index contributed by atoms with van der Waals surface area (Å²) < 4.78 is 43.0. The Bertz CT molecular complexity index is 642. The number of aliphatic imine (C=N–C) groups is 1. The lowest BCUT2D eigenvalue weighted by Crippen LogP contribution is -2.56. The van der Waals surface area contributed by atoms with Crippen LogP contribution in [0.5, 0.6) is 0 Å². The van der Waals surface area contributed by atoms with Crippen LogP contribution in [-0.4, -0.2) is 74.4 Å². The predicted molar refractivity (Wildman–Crippen MR) is 108 cm³/mol. The maximum atomic E-state index is 12.5. The second-order valence-corrected chi connectivity index (χ2v) is 7.47. The Morgan fingerprint density at radius 1 is 1.17 bits per heavy atom. The van der Waals surface area contributed by atoms with Crippen LogP contribution >= 0.6 is 0 Å². The molecule has 0 unspecified atom stereocenters. The lowest BCUT2D eigenvalue weighted by atomic mass is 10.0. The van der Waals surface area contributed by atoms with Crippen LogP contribution in [0, 0.1) is 0 Å². The topological polar surface area (TPSA) is 73.8 Å². The van der Waals surface area contributed by atoms with Crippen molar-refractivity contribution in [3.8, 4) is 0 Å². The number of halogens is 3. The number of guanidine groups is 1. The Labute approximate surface area is 170 Å². The second-order valence-electron chi connectivity index (χ2n) is 7.47. The molecule has 1 aliphatic heterocycles. The molecule has 0 atom stereocenters. The highest BCUT2D eigenvalue weighted by atomic mass is 19.4. The fourth-order valence-corrected chi connectivity index (χ4v) is 2.98. The van der Waals surface area contributed by atoms with Gasteiger partial charge in [0.1, 0.15) is 5.82 Å². The van der Waals surface area contributed by atoms with E-state index in [4.69, 9.17) is 4.74 Å². The van der Waals surface area contributed by atoms with Crippen molar-refractivity contribution in [3.63, 3.8) is 0 Å². The van der Waals surface area contributed by atoms with Gasteiger partial charge in [0.15, 0.2) is 5.96 Å². The molecule has 1 saturated heterocycles. The zero-order chi connectivity index (χ0) is 21.3. The maximum absolute atomic E-state index is 12.5. The van der Waals surface area contributed by atoms with Gasteiger partial charge < -0.3 is 20.7 Å². The largest absolute Gasteiger partial charge is 0.417 e. The molecule has 0 amide bonds. The lowest BCUT2D eigenvalue weighted by molar-refractivity contribution is -0.137. The molecule has 0 aromatic carbocycles. The first kappa shape index (κ1) is 23.2. The summed E-state index contributed by atoms with van der Waals surface area (Å²) in [6.45, 7) is 9.76.